The highest BCUT2D eigenvalue weighted by molar-refractivity contribution is 5.76. The van der Waals surface area contributed by atoms with Gasteiger partial charge >= 0.3 is 0 Å². The third-order valence-corrected chi connectivity index (χ3v) is 2.70. The van der Waals surface area contributed by atoms with Crippen molar-refractivity contribution in [3.63, 3.8) is 0 Å². The molecular weight excluding hydrogens is 182 g/mol. The van der Waals surface area contributed by atoms with Crippen LogP contribution in [0.3, 0.4) is 0 Å². The number of nitrogens with zero attached hydrogens (tertiary/aromatic N) is 1. The summed E-state index contributed by atoms with van der Waals surface area (Å²) in [6.45, 7) is 2.38. The minimum atomic E-state index is 0.173. The SMILES string of the molecule is COCCC(=O)N1CCC(CCO)C1. The van der Waals surface area contributed by atoms with Gasteiger partial charge in [0, 0.05) is 26.8 Å². The molecule has 1 amide bonds. The van der Waals surface area contributed by atoms with Crippen LogP contribution in [0.4, 0.5) is 0 Å². The Hall–Kier alpha value is -0.610. The Balaban J connectivity index is 2.23. The fourth-order valence-electron chi connectivity index (χ4n) is 1.82. The number of methoxy groups -OCH3 is 1. The summed E-state index contributed by atoms with van der Waals surface area (Å²) in [5.41, 5.74) is 0. The van der Waals surface area contributed by atoms with Gasteiger partial charge in [-0.2, -0.15) is 0 Å². The second-order valence-corrected chi connectivity index (χ2v) is 3.75. The van der Waals surface area contributed by atoms with Crippen LogP contribution in [0.25, 0.3) is 0 Å². The van der Waals surface area contributed by atoms with Crippen LogP contribution in [-0.2, 0) is 9.53 Å². The van der Waals surface area contributed by atoms with Crippen molar-refractivity contribution in [2.45, 2.75) is 19.3 Å². The number of carbonyl (C=O) groups is 1. The molecule has 0 bridgehead atoms. The molecular formula is C10H19NO3. The lowest BCUT2D eigenvalue weighted by atomic mass is 10.1. The summed E-state index contributed by atoms with van der Waals surface area (Å²) in [4.78, 5) is 13.4. The standard InChI is InChI=1S/C10H19NO3/c1-14-7-4-10(13)11-5-2-9(8-11)3-6-12/h9,12H,2-8H2,1H3. The molecule has 4 nitrogen and oxygen atoms in total. The molecule has 1 fully saturated rings. The van der Waals surface area contributed by atoms with Gasteiger partial charge in [0.2, 0.25) is 5.91 Å². The van der Waals surface area contributed by atoms with Gasteiger partial charge in [-0.15, -0.1) is 0 Å². The molecule has 1 atom stereocenters. The summed E-state index contributed by atoms with van der Waals surface area (Å²) in [5, 5.41) is 8.77. The topological polar surface area (TPSA) is 49.8 Å². The van der Waals surface area contributed by atoms with Crippen LogP contribution >= 0.6 is 0 Å². The summed E-state index contributed by atoms with van der Waals surface area (Å²) in [6, 6.07) is 0. The van der Waals surface area contributed by atoms with Crippen molar-refractivity contribution >= 4 is 5.91 Å². The minimum Gasteiger partial charge on any atom is -0.396 e. The van der Waals surface area contributed by atoms with Gasteiger partial charge in [-0.25, -0.2) is 0 Å². The summed E-state index contributed by atoms with van der Waals surface area (Å²) < 4.78 is 4.86. The predicted molar refractivity (Wildman–Crippen MR) is 52.9 cm³/mol. The van der Waals surface area contributed by atoms with Crippen molar-refractivity contribution in [2.24, 2.45) is 5.92 Å². The highest BCUT2D eigenvalue weighted by Gasteiger charge is 2.25. The number of ether oxygens (including phenoxy) is 1. The lowest BCUT2D eigenvalue weighted by Gasteiger charge is -2.15. The van der Waals surface area contributed by atoms with Crippen molar-refractivity contribution in [3.05, 3.63) is 0 Å². The number of hydrogen-bond acceptors (Lipinski definition) is 3. The van der Waals surface area contributed by atoms with Crippen LogP contribution in [0, 0.1) is 5.92 Å². The molecule has 14 heavy (non-hydrogen) atoms. The van der Waals surface area contributed by atoms with E-state index in [-0.39, 0.29) is 12.5 Å². The van der Waals surface area contributed by atoms with Gasteiger partial charge in [-0.05, 0) is 18.8 Å². The third kappa shape index (κ3) is 3.27. The number of likely N-dealkylation sites (tertiary alicyclic amines) is 1. The van der Waals surface area contributed by atoms with E-state index in [9.17, 15) is 4.79 Å². The van der Waals surface area contributed by atoms with E-state index in [2.05, 4.69) is 0 Å². The third-order valence-electron chi connectivity index (χ3n) is 2.70. The summed E-state index contributed by atoms with van der Waals surface area (Å²) in [5.74, 6) is 0.666. The Bertz CT molecular complexity index is 184. The maximum Gasteiger partial charge on any atom is 0.224 e. The van der Waals surface area contributed by atoms with Crippen molar-refractivity contribution in [3.8, 4) is 0 Å². The van der Waals surface area contributed by atoms with E-state index in [4.69, 9.17) is 9.84 Å². The van der Waals surface area contributed by atoms with Crippen LogP contribution in [0.1, 0.15) is 19.3 Å². The second-order valence-electron chi connectivity index (χ2n) is 3.75. The summed E-state index contributed by atoms with van der Waals surface area (Å²) in [7, 11) is 1.60. The Labute approximate surface area is 84.8 Å². The lowest BCUT2D eigenvalue weighted by molar-refractivity contribution is -0.131. The molecule has 4 heteroatoms. The van der Waals surface area contributed by atoms with Gasteiger partial charge in [0.25, 0.3) is 0 Å². The Kier molecular flexibility index (Phi) is 4.90. The molecule has 1 saturated heterocycles. The lowest BCUT2D eigenvalue weighted by Crippen LogP contribution is -2.29. The first-order chi connectivity index (χ1) is 6.77. The Morgan fingerprint density at radius 2 is 2.43 bits per heavy atom. The zero-order valence-electron chi connectivity index (χ0n) is 8.74. The van der Waals surface area contributed by atoms with E-state index < -0.39 is 0 Å². The molecule has 0 aliphatic carbocycles. The van der Waals surface area contributed by atoms with Crippen LogP contribution in [0.5, 0.6) is 0 Å². The maximum absolute atomic E-state index is 11.5. The van der Waals surface area contributed by atoms with Gasteiger partial charge in [0.05, 0.1) is 13.0 Å². The number of hydrogen-bond donors (Lipinski definition) is 1. The van der Waals surface area contributed by atoms with E-state index in [0.717, 1.165) is 25.9 Å². The smallest absolute Gasteiger partial charge is 0.224 e. The fourth-order valence-corrected chi connectivity index (χ4v) is 1.82. The zero-order valence-corrected chi connectivity index (χ0v) is 8.74. The molecule has 0 aromatic carbocycles. The Morgan fingerprint density at radius 3 is 3.07 bits per heavy atom. The first-order valence-electron chi connectivity index (χ1n) is 5.15. The monoisotopic (exact) mass is 201 g/mol. The van der Waals surface area contributed by atoms with Gasteiger partial charge < -0.3 is 14.7 Å². The highest BCUT2D eigenvalue weighted by atomic mass is 16.5. The highest BCUT2D eigenvalue weighted by Crippen LogP contribution is 2.19. The van der Waals surface area contributed by atoms with Gasteiger partial charge in [-0.1, -0.05) is 0 Å². The van der Waals surface area contributed by atoms with Crippen LogP contribution in [0.15, 0.2) is 0 Å². The van der Waals surface area contributed by atoms with Gasteiger partial charge in [0.1, 0.15) is 0 Å². The molecule has 1 rings (SSSR count). The quantitative estimate of drug-likeness (QED) is 0.694. The molecule has 0 spiro atoms. The number of aliphatic hydroxyl groups excluding tert-OH is 1. The average molecular weight is 201 g/mol. The molecule has 1 unspecified atom stereocenters. The van der Waals surface area contributed by atoms with Crippen molar-refractivity contribution in [1.29, 1.82) is 0 Å². The average Bonchev–Trinajstić information content (AvgIpc) is 2.63. The normalized spacial score (nSPS) is 21.6. The number of amides is 1. The molecule has 82 valence electrons. The maximum atomic E-state index is 11.5. The van der Waals surface area contributed by atoms with E-state index >= 15 is 0 Å². The molecule has 0 aromatic heterocycles. The largest absolute Gasteiger partial charge is 0.396 e. The molecule has 1 aliphatic rings. The predicted octanol–water partition coefficient (Wildman–Crippen LogP) is 0.254. The van der Waals surface area contributed by atoms with Gasteiger partial charge in [-0.3, -0.25) is 4.79 Å². The van der Waals surface area contributed by atoms with Crippen molar-refractivity contribution in [1.82, 2.24) is 4.90 Å². The first kappa shape index (κ1) is 11.5. The zero-order chi connectivity index (χ0) is 10.4. The minimum absolute atomic E-state index is 0.173. The van der Waals surface area contributed by atoms with E-state index in [1.54, 1.807) is 7.11 Å². The summed E-state index contributed by atoms with van der Waals surface area (Å²) in [6.07, 6.45) is 2.32. The number of aliphatic hydroxyl groups is 1. The molecule has 0 saturated carbocycles. The molecule has 0 aromatic rings. The second kappa shape index (κ2) is 5.98. The van der Waals surface area contributed by atoms with E-state index in [0.29, 0.717) is 18.9 Å². The van der Waals surface area contributed by atoms with Crippen molar-refractivity contribution in [2.75, 3.05) is 33.4 Å². The first-order valence-corrected chi connectivity index (χ1v) is 5.15. The number of carbonyl (C=O) groups excluding carboxylic acids is 1. The fraction of sp³-hybridized carbons (Fsp3) is 0.900. The van der Waals surface area contributed by atoms with Crippen LogP contribution in [0.2, 0.25) is 0 Å². The van der Waals surface area contributed by atoms with Crippen molar-refractivity contribution < 1.29 is 14.6 Å². The van der Waals surface area contributed by atoms with Crippen LogP contribution < -0.4 is 0 Å². The summed E-state index contributed by atoms with van der Waals surface area (Å²) >= 11 is 0. The van der Waals surface area contributed by atoms with Gasteiger partial charge in [0.15, 0.2) is 0 Å². The molecule has 1 aliphatic heterocycles. The van der Waals surface area contributed by atoms with E-state index in [1.807, 2.05) is 4.90 Å². The Morgan fingerprint density at radius 1 is 1.64 bits per heavy atom. The molecule has 1 N–H and O–H groups in total. The van der Waals surface area contributed by atoms with E-state index in [1.165, 1.54) is 0 Å². The molecule has 1 heterocycles. The van der Waals surface area contributed by atoms with Crippen LogP contribution in [-0.4, -0.2) is 49.3 Å². The molecule has 0 radical (unpaired) electrons. The number of rotatable bonds is 5.